The highest BCUT2D eigenvalue weighted by atomic mass is 79.9. The van der Waals surface area contributed by atoms with Gasteiger partial charge in [0.15, 0.2) is 0 Å². The van der Waals surface area contributed by atoms with Crippen molar-refractivity contribution in [2.75, 3.05) is 5.32 Å². The molecule has 1 aromatic rings. The molecule has 0 radical (unpaired) electrons. The highest BCUT2D eigenvalue weighted by Crippen LogP contribution is 2.44. The second kappa shape index (κ2) is 5.82. The van der Waals surface area contributed by atoms with Gasteiger partial charge < -0.3 is 11.1 Å². The third kappa shape index (κ3) is 2.88. The molecule has 3 N–H and O–H groups in total. The van der Waals surface area contributed by atoms with Crippen LogP contribution in [0.15, 0.2) is 22.9 Å². The molecule has 2 rings (SSSR count). The summed E-state index contributed by atoms with van der Waals surface area (Å²) in [6.07, 6.45) is 5.10. The number of rotatable bonds is 2. The van der Waals surface area contributed by atoms with Gasteiger partial charge in [0.05, 0.1) is 10.2 Å². The van der Waals surface area contributed by atoms with Crippen LogP contribution in [0.1, 0.15) is 33.6 Å². The van der Waals surface area contributed by atoms with E-state index in [1.807, 2.05) is 0 Å². The highest BCUT2D eigenvalue weighted by Gasteiger charge is 2.45. The summed E-state index contributed by atoms with van der Waals surface area (Å²) >= 11 is 3.40. The van der Waals surface area contributed by atoms with Crippen molar-refractivity contribution in [1.29, 1.82) is 0 Å². The Labute approximate surface area is 128 Å². The molecule has 0 saturated heterocycles. The summed E-state index contributed by atoms with van der Waals surface area (Å²) in [5.41, 5.74) is 6.82. The lowest BCUT2D eigenvalue weighted by atomic mass is 9.61. The van der Waals surface area contributed by atoms with Gasteiger partial charge >= 0.3 is 0 Å². The molecule has 0 aliphatic heterocycles. The average Bonchev–Trinajstić information content (AvgIpc) is 2.38. The molecule has 1 aliphatic rings. The fraction of sp³-hybridized carbons (Fsp3) is 0.600. The van der Waals surface area contributed by atoms with Crippen LogP contribution in [0.5, 0.6) is 0 Å². The van der Waals surface area contributed by atoms with E-state index in [4.69, 9.17) is 5.73 Å². The van der Waals surface area contributed by atoms with Gasteiger partial charge in [-0.2, -0.15) is 0 Å². The summed E-state index contributed by atoms with van der Waals surface area (Å²) in [5.74, 6) is 0.380. The first-order valence-corrected chi connectivity index (χ1v) is 7.79. The number of nitrogens with one attached hydrogen (secondary N) is 1. The second-order valence-corrected chi connectivity index (χ2v) is 7.10. The Bertz CT molecular complexity index is 504. The van der Waals surface area contributed by atoms with Crippen LogP contribution >= 0.6 is 15.9 Å². The number of amides is 1. The normalized spacial score (nSPS) is 28.9. The maximum absolute atomic E-state index is 12.6. The summed E-state index contributed by atoms with van der Waals surface area (Å²) in [6, 6.07) is 1.98. The number of halogens is 1. The molecule has 1 amide bonds. The van der Waals surface area contributed by atoms with Crippen LogP contribution in [0.4, 0.5) is 5.69 Å². The van der Waals surface area contributed by atoms with Gasteiger partial charge in [-0.05, 0) is 46.2 Å². The summed E-state index contributed by atoms with van der Waals surface area (Å²) in [6.45, 7) is 6.43. The minimum Gasteiger partial charge on any atom is -0.327 e. The molecule has 1 saturated carbocycles. The minimum atomic E-state index is -0.0960. The predicted octanol–water partition coefficient (Wildman–Crippen LogP) is 3.18. The van der Waals surface area contributed by atoms with Crippen molar-refractivity contribution in [2.24, 2.45) is 23.0 Å². The van der Waals surface area contributed by atoms with Crippen molar-refractivity contribution < 1.29 is 4.79 Å². The SMILES string of the molecule is CC1C(N)CCC(C(=O)Nc2ccncc2Br)C1(C)C. The third-order valence-electron chi connectivity index (χ3n) is 4.85. The van der Waals surface area contributed by atoms with E-state index in [9.17, 15) is 4.79 Å². The van der Waals surface area contributed by atoms with Crippen molar-refractivity contribution >= 4 is 27.5 Å². The number of pyridine rings is 1. The zero-order valence-corrected chi connectivity index (χ0v) is 13.8. The van der Waals surface area contributed by atoms with Crippen molar-refractivity contribution in [2.45, 2.75) is 39.7 Å². The molecule has 110 valence electrons. The fourth-order valence-electron chi connectivity index (χ4n) is 3.02. The van der Waals surface area contributed by atoms with Crippen molar-refractivity contribution in [3.8, 4) is 0 Å². The Hall–Kier alpha value is -0.940. The zero-order valence-electron chi connectivity index (χ0n) is 12.2. The molecule has 20 heavy (non-hydrogen) atoms. The van der Waals surface area contributed by atoms with E-state index in [2.05, 4.69) is 47.0 Å². The highest BCUT2D eigenvalue weighted by molar-refractivity contribution is 9.10. The second-order valence-electron chi connectivity index (χ2n) is 6.25. The molecule has 4 nitrogen and oxygen atoms in total. The molecular formula is C15H22BrN3O. The maximum atomic E-state index is 12.6. The van der Waals surface area contributed by atoms with Crippen LogP contribution in [0, 0.1) is 17.3 Å². The summed E-state index contributed by atoms with van der Waals surface area (Å²) < 4.78 is 0.798. The van der Waals surface area contributed by atoms with E-state index < -0.39 is 0 Å². The Balaban J connectivity index is 2.15. The van der Waals surface area contributed by atoms with Gasteiger partial charge in [-0.1, -0.05) is 20.8 Å². The molecule has 3 unspecified atom stereocenters. The van der Waals surface area contributed by atoms with Gasteiger partial charge in [-0.3, -0.25) is 9.78 Å². The molecule has 0 bridgehead atoms. The number of aromatic nitrogens is 1. The lowest BCUT2D eigenvalue weighted by molar-refractivity contribution is -0.127. The topological polar surface area (TPSA) is 68.0 Å². The molecule has 1 fully saturated rings. The van der Waals surface area contributed by atoms with Crippen LogP contribution in [0.25, 0.3) is 0 Å². The Morgan fingerprint density at radius 1 is 1.50 bits per heavy atom. The van der Waals surface area contributed by atoms with Crippen molar-refractivity contribution in [3.05, 3.63) is 22.9 Å². The van der Waals surface area contributed by atoms with Gasteiger partial charge in [0.2, 0.25) is 5.91 Å². The first-order chi connectivity index (χ1) is 9.34. The summed E-state index contributed by atoms with van der Waals surface area (Å²) in [7, 11) is 0. The standard InChI is InChI=1S/C15H22BrN3O/c1-9-12(17)5-4-10(15(9,2)3)14(20)19-13-6-7-18-8-11(13)16/h6-10,12H,4-5,17H2,1-3H3,(H,18,19,20). The molecular weight excluding hydrogens is 318 g/mol. The third-order valence-corrected chi connectivity index (χ3v) is 5.48. The van der Waals surface area contributed by atoms with Crippen LogP contribution in [0.2, 0.25) is 0 Å². The molecule has 1 heterocycles. The molecule has 1 aliphatic carbocycles. The number of hydrogen-bond donors (Lipinski definition) is 2. The number of anilines is 1. The smallest absolute Gasteiger partial charge is 0.228 e. The fourth-order valence-corrected chi connectivity index (χ4v) is 3.37. The molecule has 3 atom stereocenters. The monoisotopic (exact) mass is 339 g/mol. The number of hydrogen-bond acceptors (Lipinski definition) is 3. The first kappa shape index (κ1) is 15.4. The van der Waals surface area contributed by atoms with E-state index in [0.717, 1.165) is 23.0 Å². The molecule has 1 aromatic heterocycles. The lowest BCUT2D eigenvalue weighted by Gasteiger charge is -2.46. The van der Waals surface area contributed by atoms with Crippen LogP contribution in [0.3, 0.4) is 0 Å². The Morgan fingerprint density at radius 2 is 2.20 bits per heavy atom. The summed E-state index contributed by atoms with van der Waals surface area (Å²) in [5, 5.41) is 3.00. The van der Waals surface area contributed by atoms with E-state index in [0.29, 0.717) is 5.92 Å². The van der Waals surface area contributed by atoms with Gasteiger partial charge in [-0.25, -0.2) is 0 Å². The van der Waals surface area contributed by atoms with E-state index in [1.165, 1.54) is 0 Å². The van der Waals surface area contributed by atoms with E-state index in [-0.39, 0.29) is 23.3 Å². The van der Waals surface area contributed by atoms with E-state index in [1.54, 1.807) is 18.5 Å². The van der Waals surface area contributed by atoms with Crippen LogP contribution < -0.4 is 11.1 Å². The first-order valence-electron chi connectivity index (χ1n) is 7.00. The predicted molar refractivity (Wildman–Crippen MR) is 84.2 cm³/mol. The molecule has 0 aromatic carbocycles. The number of carbonyl (C=O) groups excluding carboxylic acids is 1. The minimum absolute atomic E-state index is 0.0163. The average molecular weight is 340 g/mol. The quantitative estimate of drug-likeness (QED) is 0.869. The van der Waals surface area contributed by atoms with Gasteiger partial charge in [0, 0.05) is 24.4 Å². The Morgan fingerprint density at radius 3 is 2.85 bits per heavy atom. The summed E-state index contributed by atoms with van der Waals surface area (Å²) in [4.78, 5) is 16.6. The number of nitrogens with two attached hydrogens (primary N) is 1. The lowest BCUT2D eigenvalue weighted by Crippen LogP contribution is -2.50. The largest absolute Gasteiger partial charge is 0.327 e. The maximum Gasteiger partial charge on any atom is 0.228 e. The zero-order chi connectivity index (χ0) is 14.9. The van der Waals surface area contributed by atoms with Crippen LogP contribution in [-0.2, 0) is 4.79 Å². The van der Waals surface area contributed by atoms with Crippen molar-refractivity contribution in [1.82, 2.24) is 4.98 Å². The van der Waals surface area contributed by atoms with Gasteiger partial charge in [-0.15, -0.1) is 0 Å². The van der Waals surface area contributed by atoms with E-state index >= 15 is 0 Å². The van der Waals surface area contributed by atoms with Gasteiger partial charge in [0.25, 0.3) is 0 Å². The van der Waals surface area contributed by atoms with Crippen molar-refractivity contribution in [3.63, 3.8) is 0 Å². The molecule has 5 heteroatoms. The van der Waals surface area contributed by atoms with Crippen LogP contribution in [-0.4, -0.2) is 16.9 Å². The molecule has 0 spiro atoms. The Kier molecular flexibility index (Phi) is 4.49. The van der Waals surface area contributed by atoms with Gasteiger partial charge in [0.1, 0.15) is 0 Å². The number of carbonyl (C=O) groups is 1. The number of nitrogens with zero attached hydrogens (tertiary/aromatic N) is 1.